The summed E-state index contributed by atoms with van der Waals surface area (Å²) < 4.78 is 2.30. The predicted molar refractivity (Wildman–Crippen MR) is 117 cm³/mol. The average Bonchev–Trinajstić information content (AvgIpc) is 3.17. The molecule has 3 nitrogen and oxygen atoms in total. The molecule has 0 amide bonds. The van der Waals surface area contributed by atoms with Crippen LogP contribution in [0.3, 0.4) is 0 Å². The van der Waals surface area contributed by atoms with Gasteiger partial charge in [0, 0.05) is 47.8 Å². The van der Waals surface area contributed by atoms with Crippen LogP contribution in [0.15, 0.2) is 30.5 Å². The van der Waals surface area contributed by atoms with E-state index in [1.54, 1.807) is 6.92 Å². The molecule has 1 aromatic carbocycles. The van der Waals surface area contributed by atoms with Gasteiger partial charge in [0.2, 0.25) is 0 Å². The number of fused-ring (bicyclic) bond motifs is 3. The zero-order valence-electron chi connectivity index (χ0n) is 17.7. The van der Waals surface area contributed by atoms with Gasteiger partial charge in [-0.2, -0.15) is 0 Å². The number of ketones is 1. The Bertz CT molecular complexity index is 794. The van der Waals surface area contributed by atoms with Crippen molar-refractivity contribution in [1.82, 2.24) is 9.47 Å². The summed E-state index contributed by atoms with van der Waals surface area (Å²) in [6.07, 6.45) is 14.6. The smallest absolute Gasteiger partial charge is 0.161 e. The summed E-state index contributed by atoms with van der Waals surface area (Å²) in [6, 6.07) is 9.99. The summed E-state index contributed by atoms with van der Waals surface area (Å²) in [5.74, 6) is 1.14. The van der Waals surface area contributed by atoms with Gasteiger partial charge in [-0.15, -0.1) is 0 Å². The number of para-hydroxylation sites is 1. The largest absolute Gasteiger partial charge is 0.347 e. The molecule has 2 saturated heterocycles. The molecule has 0 radical (unpaired) electrons. The monoisotopic (exact) mass is 380 g/mol. The highest BCUT2D eigenvalue weighted by Gasteiger charge is 2.39. The van der Waals surface area contributed by atoms with Crippen LogP contribution in [-0.2, 0) is 6.54 Å². The van der Waals surface area contributed by atoms with E-state index >= 15 is 0 Å². The van der Waals surface area contributed by atoms with Gasteiger partial charge < -0.3 is 4.57 Å². The summed E-state index contributed by atoms with van der Waals surface area (Å²) in [7, 11) is 0. The van der Waals surface area contributed by atoms with Gasteiger partial charge in [0.25, 0.3) is 0 Å². The fourth-order valence-electron chi connectivity index (χ4n) is 5.81. The Morgan fingerprint density at radius 3 is 2.50 bits per heavy atom. The van der Waals surface area contributed by atoms with E-state index in [0.29, 0.717) is 0 Å². The van der Waals surface area contributed by atoms with Crippen molar-refractivity contribution in [3.8, 4) is 0 Å². The lowest BCUT2D eigenvalue weighted by Gasteiger charge is -2.39. The van der Waals surface area contributed by atoms with Crippen LogP contribution in [0.25, 0.3) is 10.9 Å². The second-order valence-corrected chi connectivity index (χ2v) is 9.12. The minimum Gasteiger partial charge on any atom is -0.347 e. The lowest BCUT2D eigenvalue weighted by Crippen LogP contribution is -2.43. The third-order valence-electron chi connectivity index (χ3n) is 7.18. The third-order valence-corrected chi connectivity index (χ3v) is 7.18. The first-order valence-electron chi connectivity index (χ1n) is 11.5. The minimum absolute atomic E-state index is 0.165. The van der Waals surface area contributed by atoms with Crippen LogP contribution in [0, 0.1) is 5.92 Å². The van der Waals surface area contributed by atoms with Crippen molar-refractivity contribution in [3.05, 3.63) is 36.0 Å². The van der Waals surface area contributed by atoms with Crippen molar-refractivity contribution in [3.63, 3.8) is 0 Å². The van der Waals surface area contributed by atoms with E-state index in [1.807, 2.05) is 6.07 Å². The molecule has 3 heterocycles. The van der Waals surface area contributed by atoms with Gasteiger partial charge in [-0.25, -0.2) is 0 Å². The number of rotatable bonds is 9. The fourth-order valence-corrected chi connectivity index (χ4v) is 5.81. The van der Waals surface area contributed by atoms with Crippen molar-refractivity contribution in [2.75, 3.05) is 6.54 Å². The number of aryl methyl sites for hydroxylation is 1. The number of carbonyl (C=O) groups is 1. The molecule has 2 bridgehead atoms. The Hall–Kier alpha value is -1.61. The van der Waals surface area contributed by atoms with Crippen LogP contribution >= 0.6 is 0 Å². The second kappa shape index (κ2) is 8.82. The standard InChI is InChI=1S/C25H36N2O/c1-3-4-5-9-20-16-21-12-13-22(17-20)27(21)15-8-14-26-18-24(19(2)28)23-10-6-7-11-25(23)26/h6-7,10-11,18,20-22H,3-5,8-9,12-17H2,1-2H3/t20-,21-,22+. The third kappa shape index (κ3) is 4.05. The zero-order valence-corrected chi connectivity index (χ0v) is 17.7. The van der Waals surface area contributed by atoms with Crippen LogP contribution in [0.5, 0.6) is 0 Å². The first kappa shape index (κ1) is 19.7. The molecule has 2 aliphatic heterocycles. The van der Waals surface area contributed by atoms with Crippen molar-refractivity contribution in [1.29, 1.82) is 0 Å². The van der Waals surface area contributed by atoms with Gasteiger partial charge in [0.05, 0.1) is 0 Å². The Morgan fingerprint density at radius 2 is 1.79 bits per heavy atom. The average molecular weight is 381 g/mol. The predicted octanol–water partition coefficient (Wildman–Crippen LogP) is 6.06. The molecule has 0 N–H and O–H groups in total. The molecule has 2 aromatic rings. The number of Topliss-reactive ketones (excluding diaryl/α,β-unsaturated/α-hetero) is 1. The number of hydrogen-bond acceptors (Lipinski definition) is 2. The molecule has 28 heavy (non-hydrogen) atoms. The molecule has 0 aliphatic carbocycles. The Balaban J connectivity index is 1.34. The van der Waals surface area contributed by atoms with E-state index in [2.05, 4.69) is 40.8 Å². The van der Waals surface area contributed by atoms with E-state index in [9.17, 15) is 4.79 Å². The minimum atomic E-state index is 0.165. The SMILES string of the molecule is CCCCC[C@@H]1C[C@H]2CC[C@@H](C1)N2CCCn1cc(C(C)=O)c2ccccc21. The molecule has 0 spiro atoms. The lowest BCUT2D eigenvalue weighted by molar-refractivity contribution is 0.0966. The lowest BCUT2D eigenvalue weighted by atomic mass is 9.86. The molecule has 3 heteroatoms. The highest BCUT2D eigenvalue weighted by molar-refractivity contribution is 6.06. The van der Waals surface area contributed by atoms with Crippen molar-refractivity contribution < 1.29 is 4.79 Å². The topological polar surface area (TPSA) is 25.2 Å². The molecule has 0 saturated carbocycles. The molecule has 2 fully saturated rings. The molecule has 4 rings (SSSR count). The summed E-state index contributed by atoms with van der Waals surface area (Å²) in [6.45, 7) is 6.19. The second-order valence-electron chi connectivity index (χ2n) is 9.12. The summed E-state index contributed by atoms with van der Waals surface area (Å²) in [4.78, 5) is 14.8. The molecule has 152 valence electrons. The molecular formula is C25H36N2O. The van der Waals surface area contributed by atoms with Gasteiger partial charge in [0.1, 0.15) is 0 Å². The Kier molecular flexibility index (Phi) is 6.20. The Morgan fingerprint density at radius 1 is 1.04 bits per heavy atom. The van der Waals surface area contributed by atoms with Crippen molar-refractivity contribution >= 4 is 16.7 Å². The summed E-state index contributed by atoms with van der Waals surface area (Å²) >= 11 is 0. The normalized spacial score (nSPS) is 24.9. The molecule has 2 aliphatic rings. The first-order chi connectivity index (χ1) is 13.7. The van der Waals surface area contributed by atoms with Crippen LogP contribution < -0.4 is 0 Å². The van der Waals surface area contributed by atoms with E-state index in [0.717, 1.165) is 35.5 Å². The van der Waals surface area contributed by atoms with Gasteiger partial charge in [-0.05, 0) is 51.0 Å². The summed E-state index contributed by atoms with van der Waals surface area (Å²) in [5.41, 5.74) is 2.06. The van der Waals surface area contributed by atoms with Gasteiger partial charge in [-0.1, -0.05) is 50.8 Å². The number of benzene rings is 1. The van der Waals surface area contributed by atoms with Gasteiger partial charge in [-0.3, -0.25) is 9.69 Å². The van der Waals surface area contributed by atoms with Crippen LogP contribution in [0.1, 0.15) is 82.0 Å². The van der Waals surface area contributed by atoms with Crippen LogP contribution in [0.4, 0.5) is 0 Å². The number of piperidine rings is 1. The number of aromatic nitrogens is 1. The maximum Gasteiger partial charge on any atom is 0.161 e. The van der Waals surface area contributed by atoms with E-state index < -0.39 is 0 Å². The first-order valence-corrected chi connectivity index (χ1v) is 11.5. The number of unbranched alkanes of at least 4 members (excludes halogenated alkanes) is 2. The Labute approximate surface area is 170 Å². The maximum absolute atomic E-state index is 12.0. The highest BCUT2D eigenvalue weighted by atomic mass is 16.1. The maximum atomic E-state index is 12.0. The van der Waals surface area contributed by atoms with Gasteiger partial charge in [0.15, 0.2) is 5.78 Å². The van der Waals surface area contributed by atoms with Crippen LogP contribution in [0.2, 0.25) is 0 Å². The van der Waals surface area contributed by atoms with Crippen molar-refractivity contribution in [2.24, 2.45) is 5.92 Å². The number of hydrogen-bond donors (Lipinski definition) is 0. The number of nitrogens with zero attached hydrogens (tertiary/aromatic N) is 2. The highest BCUT2D eigenvalue weighted by Crippen LogP contribution is 2.40. The molecular weight excluding hydrogens is 344 g/mol. The van der Waals surface area contributed by atoms with E-state index in [4.69, 9.17) is 0 Å². The molecule has 3 atom stereocenters. The van der Waals surface area contributed by atoms with Crippen molar-refractivity contribution in [2.45, 2.75) is 90.3 Å². The van der Waals surface area contributed by atoms with Crippen LogP contribution in [-0.4, -0.2) is 33.9 Å². The van der Waals surface area contributed by atoms with Gasteiger partial charge >= 0.3 is 0 Å². The molecule has 1 aromatic heterocycles. The summed E-state index contributed by atoms with van der Waals surface area (Å²) in [5, 5.41) is 1.10. The van der Waals surface area contributed by atoms with E-state index in [1.165, 1.54) is 69.8 Å². The fraction of sp³-hybridized carbons (Fsp3) is 0.640. The number of carbonyl (C=O) groups excluding carboxylic acids is 1. The quantitative estimate of drug-likeness (QED) is 0.390. The molecule has 0 unspecified atom stereocenters. The van der Waals surface area contributed by atoms with E-state index in [-0.39, 0.29) is 5.78 Å². The zero-order chi connectivity index (χ0) is 19.5.